The first-order valence-electron chi connectivity index (χ1n) is 9.46. The average Bonchev–Trinajstić information content (AvgIpc) is 3.46. The van der Waals surface area contributed by atoms with E-state index in [2.05, 4.69) is 33.5 Å². The second kappa shape index (κ2) is 8.85. The second-order valence-corrected chi connectivity index (χ2v) is 8.83. The highest BCUT2D eigenvalue weighted by atomic mass is 32.2. The van der Waals surface area contributed by atoms with E-state index in [1.165, 1.54) is 23.1 Å². The fourth-order valence-electron chi connectivity index (χ4n) is 2.90. The SMILES string of the molecule is Cc1ccccc1-n1c(SCc2nc(C(=O)NC(C)C)cs2)nnc1-c1ccco1. The molecule has 0 saturated heterocycles. The molecule has 9 heteroatoms. The summed E-state index contributed by atoms with van der Waals surface area (Å²) in [7, 11) is 0. The van der Waals surface area contributed by atoms with Crippen molar-refractivity contribution in [2.45, 2.75) is 37.7 Å². The maximum absolute atomic E-state index is 12.1. The summed E-state index contributed by atoms with van der Waals surface area (Å²) in [6.45, 7) is 5.90. The van der Waals surface area contributed by atoms with Crippen LogP contribution in [0.25, 0.3) is 17.3 Å². The Hall–Kier alpha value is -2.91. The molecular weight excluding hydrogens is 418 g/mol. The Balaban J connectivity index is 1.60. The number of para-hydroxylation sites is 1. The molecule has 0 atom stereocenters. The lowest BCUT2D eigenvalue weighted by Gasteiger charge is -2.11. The molecule has 154 valence electrons. The lowest BCUT2D eigenvalue weighted by Crippen LogP contribution is -2.30. The van der Waals surface area contributed by atoms with Gasteiger partial charge in [-0.3, -0.25) is 9.36 Å². The van der Waals surface area contributed by atoms with Gasteiger partial charge >= 0.3 is 0 Å². The summed E-state index contributed by atoms with van der Waals surface area (Å²) in [5.41, 5.74) is 2.54. The van der Waals surface area contributed by atoms with Crippen molar-refractivity contribution in [2.75, 3.05) is 0 Å². The molecule has 7 nitrogen and oxygen atoms in total. The molecular formula is C21H21N5O2S2. The van der Waals surface area contributed by atoms with Crippen LogP contribution in [0.2, 0.25) is 0 Å². The number of nitrogens with one attached hydrogen (secondary N) is 1. The van der Waals surface area contributed by atoms with Crippen molar-refractivity contribution < 1.29 is 9.21 Å². The van der Waals surface area contributed by atoms with Gasteiger partial charge in [0, 0.05) is 11.4 Å². The Morgan fingerprint density at radius 3 is 2.80 bits per heavy atom. The van der Waals surface area contributed by atoms with Gasteiger partial charge < -0.3 is 9.73 Å². The lowest BCUT2D eigenvalue weighted by atomic mass is 10.2. The third kappa shape index (κ3) is 4.31. The Morgan fingerprint density at radius 2 is 2.07 bits per heavy atom. The second-order valence-electron chi connectivity index (χ2n) is 6.95. The van der Waals surface area contributed by atoms with Gasteiger partial charge in [-0.25, -0.2) is 4.98 Å². The van der Waals surface area contributed by atoms with E-state index in [0.29, 0.717) is 23.0 Å². The Bertz CT molecular complexity index is 1150. The predicted octanol–water partition coefficient (Wildman–Crippen LogP) is 4.72. The maximum atomic E-state index is 12.1. The van der Waals surface area contributed by atoms with E-state index in [1.807, 2.05) is 48.7 Å². The van der Waals surface area contributed by atoms with Gasteiger partial charge in [0.1, 0.15) is 10.7 Å². The van der Waals surface area contributed by atoms with Crippen molar-refractivity contribution in [2.24, 2.45) is 0 Å². The largest absolute Gasteiger partial charge is 0.461 e. The van der Waals surface area contributed by atoms with Crippen LogP contribution in [0.15, 0.2) is 57.6 Å². The Kier molecular flexibility index (Phi) is 6.01. The molecule has 0 aliphatic rings. The minimum Gasteiger partial charge on any atom is -0.461 e. The number of benzene rings is 1. The van der Waals surface area contributed by atoms with E-state index in [4.69, 9.17) is 4.42 Å². The van der Waals surface area contributed by atoms with Gasteiger partial charge in [0.25, 0.3) is 5.91 Å². The van der Waals surface area contributed by atoms with Crippen LogP contribution >= 0.6 is 23.1 Å². The van der Waals surface area contributed by atoms with Gasteiger partial charge in [-0.05, 0) is 44.5 Å². The molecule has 0 unspecified atom stereocenters. The molecule has 0 saturated carbocycles. The van der Waals surface area contributed by atoms with Gasteiger partial charge in [0.05, 0.1) is 17.7 Å². The molecule has 0 radical (unpaired) electrons. The normalized spacial score (nSPS) is 11.2. The highest BCUT2D eigenvalue weighted by Gasteiger charge is 2.20. The van der Waals surface area contributed by atoms with Gasteiger partial charge in [-0.15, -0.1) is 21.5 Å². The first kappa shape index (κ1) is 20.4. The van der Waals surface area contributed by atoms with Crippen molar-refractivity contribution in [1.82, 2.24) is 25.1 Å². The highest BCUT2D eigenvalue weighted by molar-refractivity contribution is 7.98. The quantitative estimate of drug-likeness (QED) is 0.419. The highest BCUT2D eigenvalue weighted by Crippen LogP contribution is 2.31. The molecule has 30 heavy (non-hydrogen) atoms. The van der Waals surface area contributed by atoms with Crippen LogP contribution in [0.4, 0.5) is 0 Å². The van der Waals surface area contributed by atoms with Crippen molar-refractivity contribution in [3.8, 4) is 17.3 Å². The van der Waals surface area contributed by atoms with Crippen LogP contribution in [-0.2, 0) is 5.75 Å². The first-order valence-corrected chi connectivity index (χ1v) is 11.3. The molecule has 1 aromatic carbocycles. The molecule has 3 aromatic heterocycles. The molecule has 1 N–H and O–H groups in total. The summed E-state index contributed by atoms with van der Waals surface area (Å²) < 4.78 is 7.57. The standard InChI is InChI=1S/C21H21N5O2S2/c1-13(2)22-20(27)15-11-29-18(23-15)12-30-21-25-24-19(17-9-6-10-28-17)26(21)16-8-5-4-7-14(16)3/h4-11,13H,12H2,1-3H3,(H,22,27). The summed E-state index contributed by atoms with van der Waals surface area (Å²) in [6.07, 6.45) is 1.62. The zero-order chi connectivity index (χ0) is 21.1. The van der Waals surface area contributed by atoms with E-state index in [1.54, 1.807) is 11.6 Å². The molecule has 3 heterocycles. The number of thiazole rings is 1. The summed E-state index contributed by atoms with van der Waals surface area (Å²) in [6, 6.07) is 11.9. The molecule has 4 aromatic rings. The van der Waals surface area contributed by atoms with Crippen LogP contribution in [0.3, 0.4) is 0 Å². The number of aromatic nitrogens is 4. The maximum Gasteiger partial charge on any atom is 0.270 e. The average molecular weight is 440 g/mol. The van der Waals surface area contributed by atoms with Gasteiger partial charge in [-0.2, -0.15) is 0 Å². The number of amides is 1. The Morgan fingerprint density at radius 1 is 1.23 bits per heavy atom. The van der Waals surface area contributed by atoms with Crippen molar-refractivity contribution in [3.63, 3.8) is 0 Å². The predicted molar refractivity (Wildman–Crippen MR) is 118 cm³/mol. The summed E-state index contributed by atoms with van der Waals surface area (Å²) in [4.78, 5) is 16.6. The molecule has 0 spiro atoms. The van der Waals surface area contributed by atoms with Gasteiger partial charge in [0.15, 0.2) is 10.9 Å². The third-order valence-corrected chi connectivity index (χ3v) is 6.23. The van der Waals surface area contributed by atoms with Crippen molar-refractivity contribution in [1.29, 1.82) is 0 Å². The number of nitrogens with zero attached hydrogens (tertiary/aromatic N) is 4. The van der Waals surface area contributed by atoms with Crippen LogP contribution in [0.1, 0.15) is 34.9 Å². The van der Waals surface area contributed by atoms with Crippen LogP contribution in [-0.4, -0.2) is 31.7 Å². The zero-order valence-electron chi connectivity index (χ0n) is 16.8. The fraction of sp³-hybridized carbons (Fsp3) is 0.238. The third-order valence-electron chi connectivity index (χ3n) is 4.26. The number of furan rings is 1. The summed E-state index contributed by atoms with van der Waals surface area (Å²) >= 11 is 2.99. The number of rotatable bonds is 7. The van der Waals surface area contributed by atoms with Crippen molar-refractivity contribution >= 4 is 29.0 Å². The van der Waals surface area contributed by atoms with Crippen LogP contribution in [0, 0.1) is 6.92 Å². The van der Waals surface area contributed by atoms with Gasteiger partial charge in [0.2, 0.25) is 5.82 Å². The number of carbonyl (C=O) groups is 1. The number of thioether (sulfide) groups is 1. The van der Waals surface area contributed by atoms with E-state index in [0.717, 1.165) is 21.4 Å². The number of hydrogen-bond acceptors (Lipinski definition) is 7. The van der Waals surface area contributed by atoms with E-state index in [-0.39, 0.29) is 11.9 Å². The summed E-state index contributed by atoms with van der Waals surface area (Å²) in [5, 5.41) is 15.0. The van der Waals surface area contributed by atoms with Gasteiger partial charge in [-0.1, -0.05) is 30.0 Å². The molecule has 4 rings (SSSR count). The number of carbonyl (C=O) groups excluding carboxylic acids is 1. The van der Waals surface area contributed by atoms with E-state index >= 15 is 0 Å². The lowest BCUT2D eigenvalue weighted by molar-refractivity contribution is 0.0938. The fourth-order valence-corrected chi connectivity index (χ4v) is 4.64. The van der Waals surface area contributed by atoms with E-state index in [9.17, 15) is 4.79 Å². The number of hydrogen-bond donors (Lipinski definition) is 1. The molecule has 0 bridgehead atoms. The molecule has 1 amide bonds. The minimum absolute atomic E-state index is 0.0738. The van der Waals surface area contributed by atoms with E-state index < -0.39 is 0 Å². The molecule has 0 fully saturated rings. The number of aryl methyl sites for hydroxylation is 1. The molecule has 0 aliphatic heterocycles. The Labute approximate surface area is 182 Å². The van der Waals surface area contributed by atoms with Crippen LogP contribution < -0.4 is 5.32 Å². The zero-order valence-corrected chi connectivity index (χ0v) is 18.5. The molecule has 0 aliphatic carbocycles. The summed E-state index contributed by atoms with van der Waals surface area (Å²) in [5.74, 6) is 1.73. The first-order chi connectivity index (χ1) is 14.5. The van der Waals surface area contributed by atoms with Crippen molar-refractivity contribution in [3.05, 3.63) is 64.3 Å². The topological polar surface area (TPSA) is 85.8 Å². The monoisotopic (exact) mass is 439 g/mol. The smallest absolute Gasteiger partial charge is 0.270 e. The minimum atomic E-state index is -0.152. The van der Waals surface area contributed by atoms with Crippen LogP contribution in [0.5, 0.6) is 0 Å².